The second-order valence-electron chi connectivity index (χ2n) is 5.35. The number of hydrogen-bond donors (Lipinski definition) is 1. The first-order valence-electron chi connectivity index (χ1n) is 7.51. The zero-order valence-electron chi connectivity index (χ0n) is 12.3. The van der Waals surface area contributed by atoms with Crippen LogP contribution in [0, 0.1) is 0 Å². The molecule has 2 nitrogen and oxygen atoms in total. The molecule has 1 aromatic carbocycles. The van der Waals surface area contributed by atoms with Gasteiger partial charge in [0.2, 0.25) is 6.41 Å². The van der Waals surface area contributed by atoms with Gasteiger partial charge in [-0.3, -0.25) is 4.79 Å². The Morgan fingerprint density at radius 1 is 1.05 bits per heavy atom. The Balaban J connectivity index is 2.97. The maximum Gasteiger partial charge on any atom is 0.207 e. The third kappa shape index (κ3) is 4.70. The summed E-state index contributed by atoms with van der Waals surface area (Å²) >= 11 is 0. The number of carbonyl (C=O) groups is 1. The van der Waals surface area contributed by atoms with Crippen molar-refractivity contribution in [2.24, 2.45) is 0 Å². The van der Waals surface area contributed by atoms with Crippen LogP contribution in [0.15, 0.2) is 30.3 Å². The fraction of sp³-hybridized carbons (Fsp3) is 0.588. The Morgan fingerprint density at radius 3 is 2.11 bits per heavy atom. The molecule has 2 heteroatoms. The Labute approximate surface area is 117 Å². The minimum atomic E-state index is 0.105. The summed E-state index contributed by atoms with van der Waals surface area (Å²) in [6.07, 6.45) is 7.93. The molecule has 0 unspecified atom stereocenters. The lowest BCUT2D eigenvalue weighted by atomic mass is 9.72. The van der Waals surface area contributed by atoms with Gasteiger partial charge in [0.15, 0.2) is 0 Å². The summed E-state index contributed by atoms with van der Waals surface area (Å²) in [5, 5.41) is 2.92. The lowest BCUT2D eigenvalue weighted by Crippen LogP contribution is -2.38. The molecule has 0 bridgehead atoms. The summed E-state index contributed by atoms with van der Waals surface area (Å²) in [6.45, 7) is 5.20. The number of carbonyl (C=O) groups excluding carboxylic acids is 1. The van der Waals surface area contributed by atoms with Crippen molar-refractivity contribution in [3.8, 4) is 0 Å². The molecule has 0 radical (unpaired) electrons. The van der Waals surface area contributed by atoms with Gasteiger partial charge in [-0.25, -0.2) is 0 Å². The monoisotopic (exact) mass is 261 g/mol. The van der Waals surface area contributed by atoms with E-state index >= 15 is 0 Å². The van der Waals surface area contributed by atoms with Crippen molar-refractivity contribution in [1.29, 1.82) is 0 Å². The highest BCUT2D eigenvalue weighted by atomic mass is 16.1. The van der Waals surface area contributed by atoms with E-state index in [4.69, 9.17) is 0 Å². The van der Waals surface area contributed by atoms with E-state index in [-0.39, 0.29) is 5.41 Å². The van der Waals surface area contributed by atoms with Gasteiger partial charge in [0.25, 0.3) is 0 Å². The molecule has 0 atom stereocenters. The van der Waals surface area contributed by atoms with Crippen LogP contribution >= 0.6 is 0 Å². The Morgan fingerprint density at radius 2 is 1.63 bits per heavy atom. The molecule has 0 spiro atoms. The van der Waals surface area contributed by atoms with E-state index in [0.29, 0.717) is 0 Å². The number of unbranched alkanes of at least 4 members (excludes halogenated alkanes) is 2. The highest BCUT2D eigenvalue weighted by Crippen LogP contribution is 2.34. The van der Waals surface area contributed by atoms with Crippen LogP contribution in [-0.4, -0.2) is 13.0 Å². The molecule has 19 heavy (non-hydrogen) atoms. The lowest BCUT2D eigenvalue weighted by molar-refractivity contribution is -0.109. The van der Waals surface area contributed by atoms with Crippen molar-refractivity contribution in [2.75, 3.05) is 6.54 Å². The standard InChI is InChI=1S/C17H27NO/c1-3-5-12-17(13-6-4-2,14-18-15-19)16-10-8-7-9-11-16/h7-11,15H,3-6,12-14H2,1-2H3,(H,18,19). The van der Waals surface area contributed by atoms with Crippen LogP contribution in [0.4, 0.5) is 0 Å². The van der Waals surface area contributed by atoms with Gasteiger partial charge in [-0.15, -0.1) is 0 Å². The van der Waals surface area contributed by atoms with Crippen molar-refractivity contribution in [3.63, 3.8) is 0 Å². The lowest BCUT2D eigenvalue weighted by Gasteiger charge is -2.34. The number of hydrogen-bond acceptors (Lipinski definition) is 1. The maximum atomic E-state index is 10.7. The van der Waals surface area contributed by atoms with E-state index in [9.17, 15) is 4.79 Å². The molecule has 0 fully saturated rings. The molecule has 0 aliphatic heterocycles. The SMILES string of the molecule is CCCCC(CCCC)(CNC=O)c1ccccc1. The van der Waals surface area contributed by atoms with Gasteiger partial charge >= 0.3 is 0 Å². The second-order valence-corrected chi connectivity index (χ2v) is 5.35. The number of rotatable bonds is 10. The minimum absolute atomic E-state index is 0.105. The molecule has 1 N–H and O–H groups in total. The molecule has 1 rings (SSSR count). The molecule has 106 valence electrons. The summed E-state index contributed by atoms with van der Waals surface area (Å²) in [4.78, 5) is 10.7. The summed E-state index contributed by atoms with van der Waals surface area (Å²) < 4.78 is 0. The van der Waals surface area contributed by atoms with Gasteiger partial charge in [0.05, 0.1) is 0 Å². The third-order valence-corrected chi connectivity index (χ3v) is 3.93. The molecular weight excluding hydrogens is 234 g/mol. The van der Waals surface area contributed by atoms with Gasteiger partial charge in [0, 0.05) is 12.0 Å². The van der Waals surface area contributed by atoms with E-state index < -0.39 is 0 Å². The fourth-order valence-electron chi connectivity index (χ4n) is 2.75. The van der Waals surface area contributed by atoms with Crippen LogP contribution in [0.5, 0.6) is 0 Å². The Bertz CT molecular complexity index is 340. The van der Waals surface area contributed by atoms with Crippen LogP contribution in [0.25, 0.3) is 0 Å². The first kappa shape index (κ1) is 15.7. The predicted molar refractivity (Wildman–Crippen MR) is 81.2 cm³/mol. The van der Waals surface area contributed by atoms with E-state index in [1.54, 1.807) is 0 Å². The number of benzene rings is 1. The van der Waals surface area contributed by atoms with Crippen LogP contribution < -0.4 is 5.32 Å². The quantitative estimate of drug-likeness (QED) is 0.632. The van der Waals surface area contributed by atoms with Gasteiger partial charge < -0.3 is 5.32 Å². The number of nitrogens with one attached hydrogen (secondary N) is 1. The fourth-order valence-corrected chi connectivity index (χ4v) is 2.75. The molecule has 0 aromatic heterocycles. The first-order chi connectivity index (χ1) is 9.29. The van der Waals surface area contributed by atoms with Gasteiger partial charge in [-0.2, -0.15) is 0 Å². The Kier molecular flexibility index (Phi) is 7.24. The van der Waals surface area contributed by atoms with Gasteiger partial charge in [-0.1, -0.05) is 69.9 Å². The minimum Gasteiger partial charge on any atom is -0.358 e. The average Bonchev–Trinajstić information content (AvgIpc) is 2.48. The van der Waals surface area contributed by atoms with Crippen LogP contribution in [0.3, 0.4) is 0 Å². The van der Waals surface area contributed by atoms with Crippen LogP contribution in [0.1, 0.15) is 57.9 Å². The van der Waals surface area contributed by atoms with E-state index in [2.05, 4.69) is 49.5 Å². The van der Waals surface area contributed by atoms with Gasteiger partial charge in [0.1, 0.15) is 0 Å². The smallest absolute Gasteiger partial charge is 0.207 e. The predicted octanol–water partition coefficient (Wildman–Crippen LogP) is 4.05. The zero-order chi connectivity index (χ0) is 14.0. The molecule has 0 aliphatic rings. The van der Waals surface area contributed by atoms with Crippen LogP contribution in [0.2, 0.25) is 0 Å². The van der Waals surface area contributed by atoms with E-state index in [1.807, 2.05) is 0 Å². The van der Waals surface area contributed by atoms with Crippen molar-refractivity contribution < 1.29 is 4.79 Å². The topological polar surface area (TPSA) is 29.1 Å². The van der Waals surface area contributed by atoms with Crippen molar-refractivity contribution in [1.82, 2.24) is 5.32 Å². The van der Waals surface area contributed by atoms with E-state index in [0.717, 1.165) is 25.8 Å². The average molecular weight is 261 g/mol. The van der Waals surface area contributed by atoms with E-state index in [1.165, 1.54) is 31.2 Å². The summed E-state index contributed by atoms with van der Waals surface area (Å²) in [5.74, 6) is 0. The molecule has 1 amide bonds. The molecule has 0 saturated heterocycles. The third-order valence-electron chi connectivity index (χ3n) is 3.93. The Hall–Kier alpha value is -1.31. The molecule has 0 aliphatic carbocycles. The second kappa shape index (κ2) is 8.73. The van der Waals surface area contributed by atoms with Crippen molar-refractivity contribution in [2.45, 2.75) is 57.8 Å². The molecule has 1 aromatic rings. The molecule has 0 saturated carbocycles. The van der Waals surface area contributed by atoms with Crippen molar-refractivity contribution in [3.05, 3.63) is 35.9 Å². The summed E-state index contributed by atoms with van der Waals surface area (Å²) in [7, 11) is 0. The summed E-state index contributed by atoms with van der Waals surface area (Å²) in [6, 6.07) is 10.7. The highest BCUT2D eigenvalue weighted by Gasteiger charge is 2.30. The molecule has 0 heterocycles. The zero-order valence-corrected chi connectivity index (χ0v) is 12.3. The largest absolute Gasteiger partial charge is 0.358 e. The normalized spacial score (nSPS) is 11.3. The van der Waals surface area contributed by atoms with Crippen LogP contribution in [-0.2, 0) is 10.2 Å². The number of amides is 1. The molecular formula is C17H27NO. The maximum absolute atomic E-state index is 10.7. The van der Waals surface area contributed by atoms with Crippen molar-refractivity contribution >= 4 is 6.41 Å². The van der Waals surface area contributed by atoms with Gasteiger partial charge in [-0.05, 0) is 18.4 Å². The highest BCUT2D eigenvalue weighted by molar-refractivity contribution is 5.46. The summed E-state index contributed by atoms with van der Waals surface area (Å²) in [5.41, 5.74) is 1.47. The first-order valence-corrected chi connectivity index (χ1v) is 7.51.